The lowest BCUT2D eigenvalue weighted by Crippen LogP contribution is -2.31. The summed E-state index contributed by atoms with van der Waals surface area (Å²) in [6.07, 6.45) is 4.14. The van der Waals surface area contributed by atoms with Crippen molar-refractivity contribution >= 4 is 34.9 Å². The number of aromatic nitrogens is 1. The quantitative estimate of drug-likeness (QED) is 0.490. The number of benzene rings is 1. The molecule has 1 aliphatic rings. The van der Waals surface area contributed by atoms with Crippen molar-refractivity contribution in [1.29, 1.82) is 0 Å². The number of hydrogen-bond acceptors (Lipinski definition) is 4. The molecular weight excluding hydrogens is 334 g/mol. The van der Waals surface area contributed by atoms with E-state index in [-0.39, 0.29) is 24.1 Å². The number of fused-ring (bicyclic) bond motifs is 1. The average Bonchev–Trinajstić information content (AvgIpc) is 3.08. The highest BCUT2D eigenvalue weighted by Crippen LogP contribution is 2.25. The van der Waals surface area contributed by atoms with Crippen LogP contribution in [-0.2, 0) is 20.9 Å². The smallest absolute Gasteiger partial charge is 0.329 e. The first-order chi connectivity index (χ1) is 12.5. The maximum absolute atomic E-state index is 12.4. The van der Waals surface area contributed by atoms with Gasteiger partial charge in [-0.3, -0.25) is 14.5 Å². The third kappa shape index (κ3) is 3.33. The van der Waals surface area contributed by atoms with E-state index < -0.39 is 6.03 Å². The summed E-state index contributed by atoms with van der Waals surface area (Å²) in [6, 6.07) is 7.17. The summed E-state index contributed by atoms with van der Waals surface area (Å²) >= 11 is 0. The van der Waals surface area contributed by atoms with Gasteiger partial charge in [-0.2, -0.15) is 0 Å². The molecule has 1 aliphatic heterocycles. The standard InChI is InChI=1S/C19H21N3O4/c1-3-9-22-18(24)15(20-19(22)25)10-13-11-21(12-17(23)26-4-2)16-8-6-5-7-14(13)16/h5-8,10-11H,3-4,9,12H2,1-2H3,(H,20,25)/b15-10+. The summed E-state index contributed by atoms with van der Waals surface area (Å²) in [6.45, 7) is 4.46. The molecule has 0 atom stereocenters. The SMILES string of the molecule is CCCN1C(=O)N/C(=C/c2cn(CC(=O)OCC)c3ccccc23)C1=O. The number of esters is 1. The number of nitrogens with one attached hydrogen (secondary N) is 1. The van der Waals surface area contributed by atoms with Gasteiger partial charge in [0.15, 0.2) is 0 Å². The van der Waals surface area contributed by atoms with Crippen molar-refractivity contribution in [3.05, 3.63) is 41.7 Å². The molecule has 0 bridgehead atoms. The summed E-state index contributed by atoms with van der Waals surface area (Å²) in [7, 11) is 0. The minimum atomic E-state index is -0.404. The molecule has 0 spiro atoms. The Balaban J connectivity index is 1.97. The van der Waals surface area contributed by atoms with Gasteiger partial charge in [0.1, 0.15) is 12.2 Å². The summed E-state index contributed by atoms with van der Waals surface area (Å²) in [5.41, 5.74) is 1.85. The van der Waals surface area contributed by atoms with Gasteiger partial charge in [-0.05, 0) is 25.5 Å². The largest absolute Gasteiger partial charge is 0.465 e. The Morgan fingerprint density at radius 1 is 1.23 bits per heavy atom. The minimum absolute atomic E-state index is 0.0831. The molecule has 0 unspecified atom stereocenters. The van der Waals surface area contributed by atoms with E-state index in [1.807, 2.05) is 31.2 Å². The Labute approximate surface area is 151 Å². The van der Waals surface area contributed by atoms with Crippen LogP contribution in [0, 0.1) is 0 Å². The molecule has 1 aromatic heterocycles. The van der Waals surface area contributed by atoms with Gasteiger partial charge in [0.25, 0.3) is 5.91 Å². The molecule has 0 aliphatic carbocycles. The number of ether oxygens (including phenoxy) is 1. The van der Waals surface area contributed by atoms with Gasteiger partial charge in [0.2, 0.25) is 0 Å². The normalized spacial score (nSPS) is 15.8. The van der Waals surface area contributed by atoms with Crippen molar-refractivity contribution in [3.63, 3.8) is 0 Å². The Kier molecular flexibility index (Phi) is 5.06. The first-order valence-electron chi connectivity index (χ1n) is 8.63. The van der Waals surface area contributed by atoms with Crippen LogP contribution >= 0.6 is 0 Å². The van der Waals surface area contributed by atoms with Crippen LogP contribution in [0.1, 0.15) is 25.8 Å². The molecule has 1 saturated heterocycles. The predicted molar refractivity (Wildman–Crippen MR) is 97.1 cm³/mol. The Morgan fingerprint density at radius 3 is 2.73 bits per heavy atom. The topological polar surface area (TPSA) is 80.6 Å². The monoisotopic (exact) mass is 355 g/mol. The van der Waals surface area contributed by atoms with E-state index in [1.54, 1.807) is 23.8 Å². The fourth-order valence-electron chi connectivity index (χ4n) is 3.02. The van der Waals surface area contributed by atoms with E-state index in [0.717, 1.165) is 16.5 Å². The number of urea groups is 1. The molecule has 7 heteroatoms. The molecule has 1 N–H and O–H groups in total. The molecular formula is C19H21N3O4. The summed E-state index contributed by atoms with van der Waals surface area (Å²) in [5, 5.41) is 3.51. The van der Waals surface area contributed by atoms with E-state index in [1.165, 1.54) is 4.90 Å². The second-order valence-electron chi connectivity index (χ2n) is 5.98. The molecule has 1 fully saturated rings. The number of carbonyl (C=O) groups excluding carboxylic acids is 3. The van der Waals surface area contributed by atoms with Crippen LogP contribution in [0.3, 0.4) is 0 Å². The van der Waals surface area contributed by atoms with Gasteiger partial charge in [0.05, 0.1) is 6.61 Å². The number of hydrogen-bond donors (Lipinski definition) is 1. The number of rotatable bonds is 6. The fraction of sp³-hybridized carbons (Fsp3) is 0.316. The Bertz CT molecular complexity index is 897. The second-order valence-corrected chi connectivity index (χ2v) is 5.98. The van der Waals surface area contributed by atoms with Gasteiger partial charge < -0.3 is 14.6 Å². The lowest BCUT2D eigenvalue weighted by Gasteiger charge is -2.08. The van der Waals surface area contributed by atoms with Gasteiger partial charge in [-0.25, -0.2) is 4.79 Å². The van der Waals surface area contributed by atoms with Gasteiger partial charge in [-0.15, -0.1) is 0 Å². The van der Waals surface area contributed by atoms with Crippen LogP contribution in [-0.4, -0.2) is 40.5 Å². The van der Waals surface area contributed by atoms with Gasteiger partial charge >= 0.3 is 12.0 Å². The van der Waals surface area contributed by atoms with Crippen molar-refractivity contribution in [3.8, 4) is 0 Å². The third-order valence-corrected chi connectivity index (χ3v) is 4.13. The zero-order chi connectivity index (χ0) is 18.7. The maximum atomic E-state index is 12.4. The van der Waals surface area contributed by atoms with E-state index in [9.17, 15) is 14.4 Å². The van der Waals surface area contributed by atoms with Crippen molar-refractivity contribution in [2.45, 2.75) is 26.8 Å². The van der Waals surface area contributed by atoms with E-state index >= 15 is 0 Å². The number of nitrogens with zero attached hydrogens (tertiary/aromatic N) is 2. The number of amides is 3. The predicted octanol–water partition coefficient (Wildman–Crippen LogP) is 2.51. The number of carbonyl (C=O) groups is 3. The molecule has 3 amide bonds. The number of imide groups is 1. The molecule has 26 heavy (non-hydrogen) atoms. The van der Waals surface area contributed by atoms with Crippen LogP contribution in [0.2, 0.25) is 0 Å². The van der Waals surface area contributed by atoms with Gasteiger partial charge in [0, 0.05) is 29.2 Å². The van der Waals surface area contributed by atoms with Crippen LogP contribution in [0.15, 0.2) is 36.2 Å². The fourth-order valence-corrected chi connectivity index (χ4v) is 3.02. The highest BCUT2D eigenvalue weighted by molar-refractivity contribution is 6.14. The lowest BCUT2D eigenvalue weighted by molar-refractivity contribution is -0.143. The van der Waals surface area contributed by atoms with Gasteiger partial charge in [-0.1, -0.05) is 25.1 Å². The van der Waals surface area contributed by atoms with E-state index in [2.05, 4.69) is 5.32 Å². The third-order valence-electron chi connectivity index (χ3n) is 4.13. The molecule has 7 nitrogen and oxygen atoms in total. The number of para-hydroxylation sites is 1. The van der Waals surface area contributed by atoms with Crippen LogP contribution in [0.25, 0.3) is 17.0 Å². The first kappa shape index (κ1) is 17.7. The summed E-state index contributed by atoms with van der Waals surface area (Å²) < 4.78 is 6.80. The summed E-state index contributed by atoms with van der Waals surface area (Å²) in [4.78, 5) is 37.4. The molecule has 0 saturated carbocycles. The zero-order valence-corrected chi connectivity index (χ0v) is 14.8. The summed E-state index contributed by atoms with van der Waals surface area (Å²) in [5.74, 6) is -0.661. The van der Waals surface area contributed by atoms with Crippen molar-refractivity contribution in [2.75, 3.05) is 13.2 Å². The average molecular weight is 355 g/mol. The zero-order valence-electron chi connectivity index (χ0n) is 14.8. The van der Waals surface area contributed by atoms with Crippen molar-refractivity contribution in [2.24, 2.45) is 0 Å². The molecule has 3 rings (SSSR count). The van der Waals surface area contributed by atoms with Crippen LogP contribution < -0.4 is 5.32 Å². The minimum Gasteiger partial charge on any atom is -0.465 e. The first-order valence-corrected chi connectivity index (χ1v) is 8.63. The lowest BCUT2D eigenvalue weighted by atomic mass is 10.1. The Hall–Kier alpha value is -3.09. The highest BCUT2D eigenvalue weighted by Gasteiger charge is 2.32. The highest BCUT2D eigenvalue weighted by atomic mass is 16.5. The molecule has 2 aromatic rings. The molecule has 1 aromatic carbocycles. The maximum Gasteiger partial charge on any atom is 0.329 e. The molecule has 136 valence electrons. The van der Waals surface area contributed by atoms with Crippen molar-refractivity contribution < 1.29 is 19.1 Å². The molecule has 2 heterocycles. The Morgan fingerprint density at radius 2 is 2.00 bits per heavy atom. The van der Waals surface area contributed by atoms with E-state index in [0.29, 0.717) is 19.6 Å². The second kappa shape index (κ2) is 7.43. The van der Waals surface area contributed by atoms with Crippen LogP contribution in [0.5, 0.6) is 0 Å². The van der Waals surface area contributed by atoms with E-state index in [4.69, 9.17) is 4.74 Å². The molecule has 0 radical (unpaired) electrons. The van der Waals surface area contributed by atoms with Crippen molar-refractivity contribution in [1.82, 2.24) is 14.8 Å². The van der Waals surface area contributed by atoms with Crippen LogP contribution in [0.4, 0.5) is 4.79 Å².